The first-order valence-corrected chi connectivity index (χ1v) is 7.46. The van der Waals surface area contributed by atoms with Gasteiger partial charge >= 0.3 is 0 Å². The van der Waals surface area contributed by atoms with E-state index in [1.807, 2.05) is 30.3 Å². The van der Waals surface area contributed by atoms with Crippen molar-refractivity contribution in [1.29, 1.82) is 0 Å². The molecule has 20 heavy (non-hydrogen) atoms. The average molecular weight is 336 g/mol. The van der Waals surface area contributed by atoms with E-state index in [4.69, 9.17) is 4.74 Å². The van der Waals surface area contributed by atoms with Crippen molar-refractivity contribution in [2.24, 2.45) is 0 Å². The van der Waals surface area contributed by atoms with Gasteiger partial charge in [0.15, 0.2) is 11.6 Å². The lowest BCUT2D eigenvalue weighted by Gasteiger charge is -2.13. The van der Waals surface area contributed by atoms with Crippen LogP contribution in [0, 0.1) is 5.82 Å². The molecule has 0 saturated heterocycles. The molecule has 0 bridgehead atoms. The second-order valence-electron chi connectivity index (χ2n) is 4.94. The molecule has 0 amide bonds. The van der Waals surface area contributed by atoms with E-state index < -0.39 is 0 Å². The minimum atomic E-state index is -0.333. The number of benzene rings is 2. The molecule has 4 heteroatoms. The highest BCUT2D eigenvalue weighted by molar-refractivity contribution is 9.10. The van der Waals surface area contributed by atoms with Gasteiger partial charge in [-0.15, -0.1) is 0 Å². The first-order chi connectivity index (χ1) is 9.72. The molecule has 2 nitrogen and oxygen atoms in total. The predicted octanol–water partition coefficient (Wildman–Crippen LogP) is 4.63. The van der Waals surface area contributed by atoms with E-state index in [2.05, 4.69) is 21.2 Å². The maximum absolute atomic E-state index is 14.0. The van der Waals surface area contributed by atoms with Gasteiger partial charge in [0.25, 0.3) is 0 Å². The van der Waals surface area contributed by atoms with E-state index in [9.17, 15) is 4.39 Å². The van der Waals surface area contributed by atoms with Crippen molar-refractivity contribution in [2.45, 2.75) is 25.4 Å². The van der Waals surface area contributed by atoms with E-state index >= 15 is 0 Å². The van der Waals surface area contributed by atoms with Gasteiger partial charge in [0.2, 0.25) is 0 Å². The number of hydrogen-bond donors (Lipinski definition) is 1. The Morgan fingerprint density at radius 2 is 2.00 bits per heavy atom. The monoisotopic (exact) mass is 335 g/mol. The summed E-state index contributed by atoms with van der Waals surface area (Å²) in [6.07, 6.45) is 2.41. The SMILES string of the molecule is Fc1cccc(CNC2CC2)c1Oc1cccc(Br)c1. The van der Waals surface area contributed by atoms with Gasteiger partial charge in [-0.1, -0.05) is 34.1 Å². The van der Waals surface area contributed by atoms with Crippen LogP contribution in [0.4, 0.5) is 4.39 Å². The van der Waals surface area contributed by atoms with E-state index in [1.54, 1.807) is 6.07 Å². The average Bonchev–Trinajstić information content (AvgIpc) is 3.24. The Balaban J connectivity index is 1.82. The van der Waals surface area contributed by atoms with Crippen LogP contribution in [0.15, 0.2) is 46.9 Å². The van der Waals surface area contributed by atoms with Crippen LogP contribution in [0.3, 0.4) is 0 Å². The molecule has 1 aliphatic rings. The van der Waals surface area contributed by atoms with E-state index in [0.717, 1.165) is 10.0 Å². The summed E-state index contributed by atoms with van der Waals surface area (Å²) in [6.45, 7) is 0.631. The second-order valence-corrected chi connectivity index (χ2v) is 5.86. The van der Waals surface area contributed by atoms with E-state index in [0.29, 0.717) is 24.1 Å². The van der Waals surface area contributed by atoms with Crippen molar-refractivity contribution in [3.05, 3.63) is 58.3 Å². The maximum atomic E-state index is 14.0. The lowest BCUT2D eigenvalue weighted by molar-refractivity contribution is 0.433. The Morgan fingerprint density at radius 3 is 2.75 bits per heavy atom. The predicted molar refractivity (Wildman–Crippen MR) is 80.5 cm³/mol. The second kappa shape index (κ2) is 5.94. The third-order valence-electron chi connectivity index (χ3n) is 3.22. The number of para-hydroxylation sites is 1. The minimum Gasteiger partial charge on any atom is -0.454 e. The molecule has 104 valence electrons. The van der Waals surface area contributed by atoms with Crippen LogP contribution in [-0.2, 0) is 6.54 Å². The molecular formula is C16H15BrFNO. The van der Waals surface area contributed by atoms with Gasteiger partial charge in [0.1, 0.15) is 5.75 Å². The van der Waals surface area contributed by atoms with Gasteiger partial charge < -0.3 is 10.1 Å². The number of hydrogen-bond acceptors (Lipinski definition) is 2. The summed E-state index contributed by atoms with van der Waals surface area (Å²) in [5, 5.41) is 3.38. The lowest BCUT2D eigenvalue weighted by Crippen LogP contribution is -2.16. The van der Waals surface area contributed by atoms with Crippen molar-refractivity contribution in [1.82, 2.24) is 5.32 Å². The Hall–Kier alpha value is -1.39. The van der Waals surface area contributed by atoms with Crippen LogP contribution in [0.2, 0.25) is 0 Å². The third kappa shape index (κ3) is 3.38. The number of ether oxygens (including phenoxy) is 1. The maximum Gasteiger partial charge on any atom is 0.167 e. The normalized spacial score (nSPS) is 14.3. The molecule has 0 aliphatic heterocycles. The standard InChI is InChI=1S/C16H15BrFNO/c17-12-4-2-5-14(9-12)20-16-11(3-1-6-15(16)18)10-19-13-7-8-13/h1-6,9,13,19H,7-8,10H2. The summed E-state index contributed by atoms with van der Waals surface area (Å²) in [5.74, 6) is 0.593. The van der Waals surface area contributed by atoms with Crippen molar-refractivity contribution in [2.75, 3.05) is 0 Å². The van der Waals surface area contributed by atoms with Crippen molar-refractivity contribution in [3.63, 3.8) is 0 Å². The van der Waals surface area contributed by atoms with E-state index in [1.165, 1.54) is 18.9 Å². The van der Waals surface area contributed by atoms with Gasteiger partial charge in [0, 0.05) is 22.6 Å². The Labute approximate surface area is 126 Å². The highest BCUT2D eigenvalue weighted by Crippen LogP contribution is 2.30. The van der Waals surface area contributed by atoms with Crippen molar-refractivity contribution in [3.8, 4) is 11.5 Å². The van der Waals surface area contributed by atoms with Crippen LogP contribution in [0.1, 0.15) is 18.4 Å². The molecule has 0 aromatic heterocycles. The van der Waals surface area contributed by atoms with Crippen LogP contribution in [-0.4, -0.2) is 6.04 Å². The molecule has 0 heterocycles. The fourth-order valence-corrected chi connectivity index (χ4v) is 2.38. The highest BCUT2D eigenvalue weighted by atomic mass is 79.9. The molecule has 1 fully saturated rings. The molecule has 0 radical (unpaired) electrons. The fraction of sp³-hybridized carbons (Fsp3) is 0.250. The van der Waals surface area contributed by atoms with Crippen LogP contribution in [0.5, 0.6) is 11.5 Å². The quantitative estimate of drug-likeness (QED) is 0.859. The molecule has 0 atom stereocenters. The molecule has 3 rings (SSSR count). The van der Waals surface area contributed by atoms with Gasteiger partial charge in [-0.25, -0.2) is 4.39 Å². The molecule has 1 saturated carbocycles. The summed E-state index contributed by atoms with van der Waals surface area (Å²) in [5.41, 5.74) is 0.844. The Morgan fingerprint density at radius 1 is 1.20 bits per heavy atom. The van der Waals surface area contributed by atoms with Crippen LogP contribution >= 0.6 is 15.9 Å². The summed E-state index contributed by atoms with van der Waals surface area (Å²) < 4.78 is 20.6. The fourth-order valence-electron chi connectivity index (χ4n) is 2.00. The summed E-state index contributed by atoms with van der Waals surface area (Å²) in [7, 11) is 0. The van der Waals surface area contributed by atoms with Crippen molar-refractivity contribution < 1.29 is 9.13 Å². The van der Waals surface area contributed by atoms with E-state index in [-0.39, 0.29) is 5.82 Å². The molecule has 1 aliphatic carbocycles. The lowest BCUT2D eigenvalue weighted by atomic mass is 10.2. The highest BCUT2D eigenvalue weighted by Gasteiger charge is 2.21. The third-order valence-corrected chi connectivity index (χ3v) is 3.72. The summed E-state index contributed by atoms with van der Waals surface area (Å²) >= 11 is 3.38. The minimum absolute atomic E-state index is 0.304. The molecule has 2 aromatic carbocycles. The molecule has 1 N–H and O–H groups in total. The van der Waals surface area contributed by atoms with Gasteiger partial charge in [-0.2, -0.15) is 0 Å². The number of halogens is 2. The summed E-state index contributed by atoms with van der Waals surface area (Å²) in [6, 6.07) is 13.0. The van der Waals surface area contributed by atoms with Gasteiger partial charge in [0.05, 0.1) is 0 Å². The molecule has 0 spiro atoms. The van der Waals surface area contributed by atoms with Gasteiger partial charge in [-0.05, 0) is 37.1 Å². The summed E-state index contributed by atoms with van der Waals surface area (Å²) in [4.78, 5) is 0. The zero-order chi connectivity index (χ0) is 13.9. The molecule has 0 unspecified atom stereocenters. The molecular weight excluding hydrogens is 321 g/mol. The largest absolute Gasteiger partial charge is 0.454 e. The first-order valence-electron chi connectivity index (χ1n) is 6.66. The first kappa shape index (κ1) is 13.6. The number of nitrogens with one attached hydrogen (secondary N) is 1. The van der Waals surface area contributed by atoms with Crippen LogP contribution in [0.25, 0.3) is 0 Å². The van der Waals surface area contributed by atoms with Gasteiger partial charge in [-0.3, -0.25) is 0 Å². The van der Waals surface area contributed by atoms with Crippen molar-refractivity contribution >= 4 is 15.9 Å². The van der Waals surface area contributed by atoms with Crippen LogP contribution < -0.4 is 10.1 Å². The Kier molecular flexibility index (Phi) is 4.03. The zero-order valence-corrected chi connectivity index (χ0v) is 12.5. The topological polar surface area (TPSA) is 21.3 Å². The Bertz CT molecular complexity index is 613. The number of rotatable bonds is 5. The zero-order valence-electron chi connectivity index (χ0n) is 10.9. The smallest absolute Gasteiger partial charge is 0.167 e. The molecule has 2 aromatic rings.